The maximum atomic E-state index is 13.1. The molecule has 0 amide bonds. The lowest BCUT2D eigenvalue weighted by Crippen LogP contribution is -2.39. The van der Waals surface area contributed by atoms with Crippen LogP contribution in [-0.4, -0.2) is 29.3 Å². The van der Waals surface area contributed by atoms with Crippen LogP contribution in [0.3, 0.4) is 0 Å². The first-order valence-electron chi connectivity index (χ1n) is 9.52. The molecule has 1 aromatic heterocycles. The Labute approximate surface area is 173 Å². The summed E-state index contributed by atoms with van der Waals surface area (Å²) in [7, 11) is 3.05. The normalized spacial score (nSPS) is 12.3. The van der Waals surface area contributed by atoms with Crippen molar-refractivity contribution in [3.05, 3.63) is 89.2 Å². The van der Waals surface area contributed by atoms with Crippen molar-refractivity contribution >= 4 is 5.96 Å². The number of hydrogen-bond donors (Lipinski definition) is 2. The molecule has 0 saturated heterocycles. The topological polar surface area (TPSA) is 54.2 Å². The Morgan fingerprint density at radius 3 is 2.07 bits per heavy atom. The number of rotatable bonds is 6. The molecule has 0 atom stereocenters. The third-order valence-electron chi connectivity index (χ3n) is 4.72. The molecule has 0 saturated carbocycles. The Balaban J connectivity index is 1.70. The highest BCUT2D eigenvalue weighted by Gasteiger charge is 2.36. The minimum absolute atomic E-state index is 0.0380. The zero-order chi connectivity index (χ0) is 21.6. The van der Waals surface area contributed by atoms with Gasteiger partial charge < -0.3 is 10.6 Å². The summed E-state index contributed by atoms with van der Waals surface area (Å²) < 4.78 is 40.6. The molecule has 2 N–H and O–H groups in total. The standard InChI is InChI=1S/C22H24F3N5/c1-26-21(27-13-18-15-30(2)29-20(18)22(23,24)25)28-14-19(16-9-5-3-6-10-16)17-11-7-4-8-12-17/h3-12,15,19H,13-14H2,1-2H3,(H2,26,27,28). The molecule has 158 valence electrons. The second-order valence-corrected chi connectivity index (χ2v) is 6.85. The summed E-state index contributed by atoms with van der Waals surface area (Å²) >= 11 is 0. The number of aromatic nitrogens is 2. The molecule has 0 bridgehead atoms. The third kappa shape index (κ3) is 5.40. The Bertz CT molecular complexity index is 926. The highest BCUT2D eigenvalue weighted by molar-refractivity contribution is 5.79. The molecule has 8 heteroatoms. The molecule has 3 aromatic rings. The molecule has 0 radical (unpaired) electrons. The Hall–Kier alpha value is -3.29. The van der Waals surface area contributed by atoms with Gasteiger partial charge in [-0.3, -0.25) is 9.67 Å². The highest BCUT2D eigenvalue weighted by atomic mass is 19.4. The second-order valence-electron chi connectivity index (χ2n) is 6.85. The number of alkyl halides is 3. The van der Waals surface area contributed by atoms with E-state index >= 15 is 0 Å². The molecule has 1 heterocycles. The van der Waals surface area contributed by atoms with Crippen molar-refractivity contribution < 1.29 is 13.2 Å². The second kappa shape index (κ2) is 9.47. The maximum Gasteiger partial charge on any atom is 0.435 e. The van der Waals surface area contributed by atoms with Crippen LogP contribution in [0.15, 0.2) is 71.9 Å². The number of guanidine groups is 1. The number of halogens is 3. The largest absolute Gasteiger partial charge is 0.435 e. The average molecular weight is 415 g/mol. The van der Waals surface area contributed by atoms with Crippen molar-refractivity contribution in [2.75, 3.05) is 13.6 Å². The molecule has 30 heavy (non-hydrogen) atoms. The SMILES string of the molecule is CN=C(NCc1cn(C)nc1C(F)(F)F)NCC(c1ccccc1)c1ccccc1. The van der Waals surface area contributed by atoms with Crippen LogP contribution in [0.4, 0.5) is 13.2 Å². The van der Waals surface area contributed by atoms with Gasteiger partial charge in [0.25, 0.3) is 0 Å². The number of benzene rings is 2. The molecule has 0 aliphatic heterocycles. The average Bonchev–Trinajstić information content (AvgIpc) is 3.13. The van der Waals surface area contributed by atoms with Crippen molar-refractivity contribution in [3.63, 3.8) is 0 Å². The fraction of sp³-hybridized carbons (Fsp3) is 0.273. The van der Waals surface area contributed by atoms with Crippen LogP contribution in [0.1, 0.15) is 28.3 Å². The fourth-order valence-electron chi connectivity index (χ4n) is 3.30. The minimum Gasteiger partial charge on any atom is -0.355 e. The molecular weight excluding hydrogens is 391 g/mol. The van der Waals surface area contributed by atoms with Gasteiger partial charge in [0.1, 0.15) is 0 Å². The minimum atomic E-state index is -4.50. The van der Waals surface area contributed by atoms with Gasteiger partial charge in [0.15, 0.2) is 11.7 Å². The Kier molecular flexibility index (Phi) is 6.76. The van der Waals surface area contributed by atoms with Crippen molar-refractivity contribution in [3.8, 4) is 0 Å². The van der Waals surface area contributed by atoms with Crippen LogP contribution < -0.4 is 10.6 Å². The van der Waals surface area contributed by atoms with Crippen LogP contribution in [0.25, 0.3) is 0 Å². The van der Waals surface area contributed by atoms with Crippen LogP contribution in [0.2, 0.25) is 0 Å². The predicted molar refractivity (Wildman–Crippen MR) is 111 cm³/mol. The maximum absolute atomic E-state index is 13.1. The summed E-state index contributed by atoms with van der Waals surface area (Å²) in [5, 5.41) is 9.72. The van der Waals surface area contributed by atoms with E-state index in [9.17, 15) is 13.2 Å². The third-order valence-corrected chi connectivity index (χ3v) is 4.72. The Morgan fingerprint density at radius 2 is 1.57 bits per heavy atom. The van der Waals surface area contributed by atoms with Crippen LogP contribution >= 0.6 is 0 Å². The summed E-state index contributed by atoms with van der Waals surface area (Å²) in [5.41, 5.74) is 1.45. The molecule has 2 aromatic carbocycles. The van der Waals surface area contributed by atoms with Crippen molar-refractivity contribution in [1.29, 1.82) is 0 Å². The number of aryl methyl sites for hydroxylation is 1. The van der Waals surface area contributed by atoms with Crippen molar-refractivity contribution in [2.45, 2.75) is 18.6 Å². The number of hydrogen-bond acceptors (Lipinski definition) is 2. The Morgan fingerprint density at radius 1 is 1.00 bits per heavy atom. The predicted octanol–water partition coefficient (Wildman–Crippen LogP) is 3.94. The first-order chi connectivity index (χ1) is 14.4. The van der Waals surface area contributed by atoms with Crippen LogP contribution in [0, 0.1) is 0 Å². The van der Waals surface area contributed by atoms with Gasteiger partial charge in [-0.05, 0) is 11.1 Å². The molecule has 0 aliphatic carbocycles. The summed E-state index contributed by atoms with van der Waals surface area (Å²) in [6.45, 7) is 0.497. The smallest absolute Gasteiger partial charge is 0.355 e. The van der Waals surface area contributed by atoms with Gasteiger partial charge in [-0.1, -0.05) is 60.7 Å². The quantitative estimate of drug-likeness (QED) is 0.474. The van der Waals surface area contributed by atoms with E-state index in [1.807, 2.05) is 36.4 Å². The van der Waals surface area contributed by atoms with Gasteiger partial charge in [0.05, 0.1) is 0 Å². The fourth-order valence-corrected chi connectivity index (χ4v) is 3.30. The van der Waals surface area contributed by atoms with Gasteiger partial charge >= 0.3 is 6.18 Å². The van der Waals surface area contributed by atoms with E-state index in [0.29, 0.717) is 12.5 Å². The van der Waals surface area contributed by atoms with E-state index in [-0.39, 0.29) is 18.0 Å². The molecule has 0 fully saturated rings. The van der Waals surface area contributed by atoms with Gasteiger partial charge in [-0.15, -0.1) is 0 Å². The van der Waals surface area contributed by atoms with Crippen molar-refractivity contribution in [2.24, 2.45) is 12.0 Å². The van der Waals surface area contributed by atoms with E-state index in [0.717, 1.165) is 15.8 Å². The van der Waals surface area contributed by atoms with E-state index in [1.165, 1.54) is 13.2 Å². The number of aliphatic imine (C=N–C) groups is 1. The number of nitrogens with zero attached hydrogens (tertiary/aromatic N) is 3. The number of nitrogens with one attached hydrogen (secondary N) is 2. The van der Waals surface area contributed by atoms with Crippen molar-refractivity contribution in [1.82, 2.24) is 20.4 Å². The van der Waals surface area contributed by atoms with E-state index < -0.39 is 11.9 Å². The summed E-state index contributed by atoms with van der Waals surface area (Å²) in [5.74, 6) is 0.485. The van der Waals surface area contributed by atoms with E-state index in [4.69, 9.17) is 0 Å². The van der Waals surface area contributed by atoms with E-state index in [1.54, 1.807) is 7.05 Å². The van der Waals surface area contributed by atoms with Gasteiger partial charge in [-0.2, -0.15) is 18.3 Å². The zero-order valence-electron chi connectivity index (χ0n) is 16.8. The van der Waals surface area contributed by atoms with Gasteiger partial charge in [0, 0.05) is 44.9 Å². The molecular formula is C22H24F3N5. The molecule has 3 rings (SSSR count). The molecule has 0 spiro atoms. The van der Waals surface area contributed by atoms with Crippen LogP contribution in [-0.2, 0) is 19.8 Å². The van der Waals surface area contributed by atoms with E-state index in [2.05, 4.69) is 45.0 Å². The molecule has 5 nitrogen and oxygen atoms in total. The summed E-state index contributed by atoms with van der Waals surface area (Å²) in [6, 6.07) is 20.1. The lowest BCUT2D eigenvalue weighted by atomic mass is 9.91. The molecule has 0 unspecified atom stereocenters. The van der Waals surface area contributed by atoms with Gasteiger partial charge in [0.2, 0.25) is 0 Å². The first kappa shape index (κ1) is 21.4. The van der Waals surface area contributed by atoms with Gasteiger partial charge in [-0.25, -0.2) is 0 Å². The highest BCUT2D eigenvalue weighted by Crippen LogP contribution is 2.30. The summed E-state index contributed by atoms with van der Waals surface area (Å²) in [4.78, 5) is 4.15. The first-order valence-corrected chi connectivity index (χ1v) is 9.52. The monoisotopic (exact) mass is 415 g/mol. The lowest BCUT2D eigenvalue weighted by Gasteiger charge is -2.20. The molecule has 0 aliphatic rings. The van der Waals surface area contributed by atoms with Crippen LogP contribution in [0.5, 0.6) is 0 Å². The zero-order valence-corrected chi connectivity index (χ0v) is 16.8. The summed E-state index contributed by atoms with van der Waals surface area (Å²) in [6.07, 6.45) is -3.14. The lowest BCUT2D eigenvalue weighted by molar-refractivity contribution is -0.142.